The van der Waals surface area contributed by atoms with E-state index in [0.717, 1.165) is 12.6 Å². The van der Waals surface area contributed by atoms with Gasteiger partial charge < -0.3 is 10.1 Å². The van der Waals surface area contributed by atoms with Crippen LogP contribution in [0.5, 0.6) is 0 Å². The maximum Gasteiger partial charge on any atom is 0.0720 e. The van der Waals surface area contributed by atoms with Crippen molar-refractivity contribution in [2.45, 2.75) is 65.2 Å². The maximum atomic E-state index is 5.86. The molecule has 2 heteroatoms. The van der Waals surface area contributed by atoms with Crippen LogP contribution in [0, 0.1) is 5.92 Å². The van der Waals surface area contributed by atoms with Gasteiger partial charge >= 0.3 is 0 Å². The molecule has 0 bridgehead atoms. The maximum absolute atomic E-state index is 5.86. The van der Waals surface area contributed by atoms with E-state index in [9.17, 15) is 0 Å². The predicted octanol–water partition coefficient (Wildman–Crippen LogP) is 4.10. The molecule has 1 N–H and O–H groups in total. The van der Waals surface area contributed by atoms with Crippen molar-refractivity contribution in [1.82, 2.24) is 5.32 Å². The molecule has 2 nitrogen and oxygen atoms in total. The number of rotatable bonds is 8. The molecule has 1 saturated carbocycles. The summed E-state index contributed by atoms with van der Waals surface area (Å²) in [5.74, 6) is 1.16. The van der Waals surface area contributed by atoms with E-state index in [1.165, 1.54) is 24.0 Å². The topological polar surface area (TPSA) is 21.3 Å². The van der Waals surface area contributed by atoms with Gasteiger partial charge in [-0.1, -0.05) is 45.0 Å². The first-order valence-corrected chi connectivity index (χ1v) is 8.00. The fourth-order valence-electron chi connectivity index (χ4n) is 2.11. The van der Waals surface area contributed by atoms with Crippen molar-refractivity contribution in [3.63, 3.8) is 0 Å². The number of hydrogen-bond acceptors (Lipinski definition) is 2. The predicted molar refractivity (Wildman–Crippen MR) is 85.0 cm³/mol. The van der Waals surface area contributed by atoms with Gasteiger partial charge in [0, 0.05) is 12.6 Å². The normalized spacial score (nSPS) is 18.2. The first-order valence-electron chi connectivity index (χ1n) is 8.00. The molecule has 2 unspecified atom stereocenters. The van der Waals surface area contributed by atoms with Crippen molar-refractivity contribution in [2.24, 2.45) is 5.92 Å². The van der Waals surface area contributed by atoms with Crippen LogP contribution in [0.4, 0.5) is 0 Å². The minimum Gasteiger partial charge on any atom is -0.374 e. The van der Waals surface area contributed by atoms with E-state index in [1.807, 2.05) is 0 Å². The highest BCUT2D eigenvalue weighted by Crippen LogP contribution is 2.21. The van der Waals surface area contributed by atoms with Crippen molar-refractivity contribution >= 4 is 0 Å². The molecular formula is C18H29NO. The molecule has 0 amide bonds. The molecule has 112 valence electrons. The third-order valence-corrected chi connectivity index (χ3v) is 4.29. The van der Waals surface area contributed by atoms with Gasteiger partial charge in [-0.05, 0) is 42.7 Å². The highest BCUT2D eigenvalue weighted by Gasteiger charge is 2.21. The van der Waals surface area contributed by atoms with E-state index in [1.54, 1.807) is 0 Å². The van der Waals surface area contributed by atoms with Gasteiger partial charge in [-0.15, -0.1) is 0 Å². The zero-order chi connectivity index (χ0) is 14.5. The lowest BCUT2D eigenvalue weighted by Gasteiger charge is -2.17. The van der Waals surface area contributed by atoms with E-state index in [4.69, 9.17) is 4.74 Å². The van der Waals surface area contributed by atoms with Crippen LogP contribution in [-0.4, -0.2) is 18.7 Å². The second kappa shape index (κ2) is 7.24. The molecule has 2 rings (SSSR count). The third kappa shape index (κ3) is 4.92. The molecule has 0 spiro atoms. The zero-order valence-corrected chi connectivity index (χ0v) is 13.4. The molecule has 1 aliphatic carbocycles. The van der Waals surface area contributed by atoms with Gasteiger partial charge in [0.2, 0.25) is 0 Å². The fourth-order valence-corrected chi connectivity index (χ4v) is 2.11. The van der Waals surface area contributed by atoms with Gasteiger partial charge in [0.1, 0.15) is 0 Å². The summed E-state index contributed by atoms with van der Waals surface area (Å²) < 4.78 is 5.86. The minimum absolute atomic E-state index is 0.316. The van der Waals surface area contributed by atoms with Crippen LogP contribution < -0.4 is 5.32 Å². The molecule has 1 fully saturated rings. The number of hydrogen-bond donors (Lipinski definition) is 1. The lowest BCUT2D eigenvalue weighted by Crippen LogP contribution is -2.22. The monoisotopic (exact) mass is 275 g/mol. The van der Waals surface area contributed by atoms with Crippen LogP contribution in [-0.2, 0) is 11.3 Å². The molecule has 2 atom stereocenters. The number of benzene rings is 1. The quantitative estimate of drug-likeness (QED) is 0.771. The number of ether oxygens (including phenoxy) is 1. The molecule has 0 radical (unpaired) electrons. The largest absolute Gasteiger partial charge is 0.374 e. The minimum atomic E-state index is 0.316. The number of nitrogens with one attached hydrogen (secondary N) is 1. The van der Waals surface area contributed by atoms with E-state index >= 15 is 0 Å². The van der Waals surface area contributed by atoms with Crippen molar-refractivity contribution < 1.29 is 4.74 Å². The van der Waals surface area contributed by atoms with Crippen molar-refractivity contribution in [3.8, 4) is 0 Å². The molecule has 1 aromatic rings. The Hall–Kier alpha value is -0.860. The average molecular weight is 275 g/mol. The van der Waals surface area contributed by atoms with E-state index in [0.29, 0.717) is 24.5 Å². The fraction of sp³-hybridized carbons (Fsp3) is 0.667. The van der Waals surface area contributed by atoms with E-state index in [2.05, 4.69) is 57.3 Å². The summed E-state index contributed by atoms with van der Waals surface area (Å²) in [5, 5.41) is 3.60. The van der Waals surface area contributed by atoms with Crippen LogP contribution in [0.2, 0.25) is 0 Å². The Morgan fingerprint density at radius 2 is 1.75 bits per heavy atom. The summed E-state index contributed by atoms with van der Waals surface area (Å²) in [4.78, 5) is 0. The lowest BCUT2D eigenvalue weighted by molar-refractivity contribution is 0.0235. The summed E-state index contributed by atoms with van der Waals surface area (Å²) in [6.07, 6.45) is 3.03. The second-order valence-electron chi connectivity index (χ2n) is 6.59. The van der Waals surface area contributed by atoms with Gasteiger partial charge in [0.15, 0.2) is 0 Å². The Morgan fingerprint density at radius 3 is 2.30 bits per heavy atom. The van der Waals surface area contributed by atoms with E-state index in [-0.39, 0.29) is 0 Å². The lowest BCUT2D eigenvalue weighted by atomic mass is 10.00. The smallest absolute Gasteiger partial charge is 0.0720 e. The molecule has 0 saturated heterocycles. The molecule has 1 aromatic carbocycles. The molecule has 20 heavy (non-hydrogen) atoms. The first kappa shape index (κ1) is 15.5. The molecule has 0 heterocycles. The van der Waals surface area contributed by atoms with Crippen LogP contribution >= 0.6 is 0 Å². The van der Waals surface area contributed by atoms with Crippen molar-refractivity contribution in [3.05, 3.63) is 35.4 Å². The Bertz CT molecular complexity index is 394. The van der Waals surface area contributed by atoms with E-state index < -0.39 is 0 Å². The van der Waals surface area contributed by atoms with Gasteiger partial charge in [0.05, 0.1) is 12.7 Å². The van der Waals surface area contributed by atoms with Crippen molar-refractivity contribution in [1.29, 1.82) is 0 Å². The van der Waals surface area contributed by atoms with Crippen LogP contribution in [0.15, 0.2) is 24.3 Å². The highest BCUT2D eigenvalue weighted by molar-refractivity contribution is 5.25. The van der Waals surface area contributed by atoms with Gasteiger partial charge in [-0.2, -0.15) is 0 Å². The summed E-state index contributed by atoms with van der Waals surface area (Å²) >= 11 is 0. The Labute approximate surface area is 123 Å². The molecule has 0 aromatic heterocycles. The van der Waals surface area contributed by atoms with Gasteiger partial charge in [-0.3, -0.25) is 0 Å². The van der Waals surface area contributed by atoms with Crippen LogP contribution in [0.1, 0.15) is 57.6 Å². The Kier molecular flexibility index (Phi) is 5.62. The summed E-state index contributed by atoms with van der Waals surface area (Å²) in [5.41, 5.74) is 2.68. The summed E-state index contributed by atoms with van der Waals surface area (Å²) in [7, 11) is 0. The Morgan fingerprint density at radius 1 is 1.10 bits per heavy atom. The first-order chi connectivity index (χ1) is 9.56. The van der Waals surface area contributed by atoms with Crippen molar-refractivity contribution in [2.75, 3.05) is 6.54 Å². The zero-order valence-electron chi connectivity index (χ0n) is 13.4. The molecule has 0 aliphatic heterocycles. The average Bonchev–Trinajstić information content (AvgIpc) is 3.26. The highest BCUT2D eigenvalue weighted by atomic mass is 16.5. The Balaban J connectivity index is 1.79. The standard InChI is InChI=1S/C18H29NO/c1-13(2)15(4)20-12-16-5-7-17(8-6-16)14(3)11-19-18-9-10-18/h5-8,13-15,18-19H,9-12H2,1-4H3. The SMILES string of the molecule is CC(CNC1CC1)c1ccc(COC(C)C(C)C)cc1. The summed E-state index contributed by atoms with van der Waals surface area (Å²) in [6, 6.07) is 9.70. The van der Waals surface area contributed by atoms with Crippen LogP contribution in [0.3, 0.4) is 0 Å². The molecule has 1 aliphatic rings. The van der Waals surface area contributed by atoms with Crippen LogP contribution in [0.25, 0.3) is 0 Å². The third-order valence-electron chi connectivity index (χ3n) is 4.29. The van der Waals surface area contributed by atoms with Gasteiger partial charge in [-0.25, -0.2) is 0 Å². The van der Waals surface area contributed by atoms with Gasteiger partial charge in [0.25, 0.3) is 0 Å². The second-order valence-corrected chi connectivity index (χ2v) is 6.59. The summed E-state index contributed by atoms with van der Waals surface area (Å²) in [6.45, 7) is 10.6. The molecular weight excluding hydrogens is 246 g/mol.